The summed E-state index contributed by atoms with van der Waals surface area (Å²) in [5, 5.41) is 14.7. The van der Waals surface area contributed by atoms with Crippen molar-refractivity contribution in [3.63, 3.8) is 0 Å². The minimum atomic E-state index is -0.440. The summed E-state index contributed by atoms with van der Waals surface area (Å²) in [5.74, 6) is 3.83. The van der Waals surface area contributed by atoms with Crippen molar-refractivity contribution in [2.45, 2.75) is 97.0 Å². The van der Waals surface area contributed by atoms with Gasteiger partial charge >= 0.3 is 0 Å². The SMILES string of the molecule is CC[C@]12CC[C@@](C)(O)C[C@H]1CC[C@H]1[C@@H]3CCC[C@H](CN=[N+]=[N-])[C@@]3(C)CC[C@@H]12. The molecule has 4 aliphatic rings. The molecule has 0 bridgehead atoms. The highest BCUT2D eigenvalue weighted by Gasteiger charge is 2.60. The molecule has 0 aromatic rings. The molecule has 4 fully saturated rings. The maximum absolute atomic E-state index is 10.7. The van der Waals surface area contributed by atoms with Crippen LogP contribution in [0.3, 0.4) is 0 Å². The average Bonchev–Trinajstić information content (AvgIpc) is 2.65. The molecule has 0 aliphatic heterocycles. The number of rotatable bonds is 3. The van der Waals surface area contributed by atoms with Gasteiger partial charge in [0.1, 0.15) is 0 Å². The molecule has 27 heavy (non-hydrogen) atoms. The van der Waals surface area contributed by atoms with E-state index in [0.717, 1.165) is 36.5 Å². The molecule has 0 aromatic carbocycles. The molecule has 152 valence electrons. The first-order valence-electron chi connectivity index (χ1n) is 11.6. The van der Waals surface area contributed by atoms with Crippen LogP contribution in [0.25, 0.3) is 10.4 Å². The number of nitrogens with zero attached hydrogens (tertiary/aromatic N) is 3. The highest BCUT2D eigenvalue weighted by molar-refractivity contribution is 5.10. The summed E-state index contributed by atoms with van der Waals surface area (Å²) < 4.78 is 0. The van der Waals surface area contributed by atoms with E-state index < -0.39 is 5.60 Å². The van der Waals surface area contributed by atoms with E-state index in [1.807, 2.05) is 0 Å². The van der Waals surface area contributed by atoms with E-state index in [1.165, 1.54) is 57.8 Å². The van der Waals surface area contributed by atoms with Crippen LogP contribution in [-0.4, -0.2) is 17.3 Å². The van der Waals surface area contributed by atoms with E-state index in [0.29, 0.717) is 23.3 Å². The zero-order valence-corrected chi connectivity index (χ0v) is 17.7. The maximum Gasteiger partial charge on any atom is 0.0622 e. The first kappa shape index (κ1) is 19.6. The first-order chi connectivity index (χ1) is 12.9. The molecule has 4 nitrogen and oxygen atoms in total. The fourth-order valence-electron chi connectivity index (χ4n) is 8.69. The molecular weight excluding hydrogens is 334 g/mol. The molecular formula is C23H39N3O. The van der Waals surface area contributed by atoms with Gasteiger partial charge in [-0.3, -0.25) is 0 Å². The normalized spacial score (nSPS) is 52.1. The van der Waals surface area contributed by atoms with Gasteiger partial charge in [-0.15, -0.1) is 0 Å². The van der Waals surface area contributed by atoms with Gasteiger partial charge in [0.15, 0.2) is 0 Å². The molecule has 0 heterocycles. The molecule has 0 saturated heterocycles. The number of hydrogen-bond donors (Lipinski definition) is 1. The number of fused-ring (bicyclic) bond motifs is 5. The molecule has 0 aromatic heterocycles. The van der Waals surface area contributed by atoms with E-state index in [1.54, 1.807) is 0 Å². The van der Waals surface area contributed by atoms with Crippen LogP contribution in [-0.2, 0) is 0 Å². The average molecular weight is 374 g/mol. The van der Waals surface area contributed by atoms with Crippen molar-refractivity contribution in [1.29, 1.82) is 0 Å². The number of hydrogen-bond acceptors (Lipinski definition) is 2. The van der Waals surface area contributed by atoms with E-state index in [2.05, 4.69) is 30.8 Å². The van der Waals surface area contributed by atoms with Crippen molar-refractivity contribution in [1.82, 2.24) is 0 Å². The second-order valence-corrected chi connectivity index (χ2v) is 11.0. The smallest absolute Gasteiger partial charge is 0.0622 e. The third kappa shape index (κ3) is 3.02. The summed E-state index contributed by atoms with van der Waals surface area (Å²) in [6, 6.07) is 0. The van der Waals surface area contributed by atoms with Crippen LogP contribution in [0, 0.1) is 40.4 Å². The molecule has 0 spiro atoms. The monoisotopic (exact) mass is 373 g/mol. The van der Waals surface area contributed by atoms with Crippen LogP contribution < -0.4 is 0 Å². The Balaban J connectivity index is 1.62. The molecule has 0 unspecified atom stereocenters. The van der Waals surface area contributed by atoms with Crippen molar-refractivity contribution in [2.75, 3.05) is 6.54 Å². The fraction of sp³-hybridized carbons (Fsp3) is 1.00. The molecule has 4 rings (SSSR count). The van der Waals surface area contributed by atoms with E-state index in [9.17, 15) is 5.11 Å². The second kappa shape index (κ2) is 6.95. The van der Waals surface area contributed by atoms with Crippen molar-refractivity contribution < 1.29 is 5.11 Å². The van der Waals surface area contributed by atoms with Crippen LogP contribution >= 0.6 is 0 Å². The van der Waals surface area contributed by atoms with Crippen molar-refractivity contribution in [3.05, 3.63) is 10.4 Å². The number of azide groups is 1. The second-order valence-electron chi connectivity index (χ2n) is 11.0. The topological polar surface area (TPSA) is 69.0 Å². The van der Waals surface area contributed by atoms with Gasteiger partial charge in [0.2, 0.25) is 0 Å². The van der Waals surface area contributed by atoms with Crippen LogP contribution in [0.1, 0.15) is 91.4 Å². The highest BCUT2D eigenvalue weighted by atomic mass is 16.3. The lowest BCUT2D eigenvalue weighted by atomic mass is 9.40. The lowest BCUT2D eigenvalue weighted by Crippen LogP contribution is -2.58. The third-order valence-electron chi connectivity index (χ3n) is 10.1. The van der Waals surface area contributed by atoms with Gasteiger partial charge in [0.25, 0.3) is 0 Å². The molecule has 1 N–H and O–H groups in total. The van der Waals surface area contributed by atoms with Gasteiger partial charge in [-0.05, 0) is 117 Å². The summed E-state index contributed by atoms with van der Waals surface area (Å²) >= 11 is 0. The Hall–Kier alpha value is -0.730. The third-order valence-corrected chi connectivity index (χ3v) is 10.1. The standard InChI is InChI=1S/C23H39N3O/c1-4-23-13-12-21(2,27)14-16(23)8-9-18-19-7-5-6-17(15-25-26-24)22(19,3)11-10-20(18)23/h16-20,27H,4-15H2,1-3H3/t16-,17-,18+,19+,20+,21-,22-,23+/m1/s1. The lowest BCUT2D eigenvalue weighted by molar-refractivity contribution is -0.171. The largest absolute Gasteiger partial charge is 0.390 e. The molecule has 4 saturated carbocycles. The Labute approximate surface area is 165 Å². The van der Waals surface area contributed by atoms with Gasteiger partial charge < -0.3 is 5.11 Å². The zero-order valence-electron chi connectivity index (χ0n) is 17.7. The van der Waals surface area contributed by atoms with Gasteiger partial charge in [0, 0.05) is 11.5 Å². The van der Waals surface area contributed by atoms with Crippen molar-refractivity contribution >= 4 is 0 Å². The first-order valence-corrected chi connectivity index (χ1v) is 11.6. The molecule has 0 amide bonds. The van der Waals surface area contributed by atoms with Gasteiger partial charge in [-0.2, -0.15) is 0 Å². The predicted molar refractivity (Wildman–Crippen MR) is 109 cm³/mol. The molecule has 4 aliphatic carbocycles. The summed E-state index contributed by atoms with van der Waals surface area (Å²) in [4.78, 5) is 3.07. The predicted octanol–water partition coefficient (Wildman–Crippen LogP) is 6.49. The van der Waals surface area contributed by atoms with Gasteiger partial charge in [0.05, 0.1) is 5.60 Å². The van der Waals surface area contributed by atoms with Crippen LogP contribution in [0.2, 0.25) is 0 Å². The highest BCUT2D eigenvalue weighted by Crippen LogP contribution is 2.68. The van der Waals surface area contributed by atoms with E-state index in [-0.39, 0.29) is 0 Å². The van der Waals surface area contributed by atoms with Crippen LogP contribution in [0.15, 0.2) is 5.11 Å². The molecule has 4 heteroatoms. The van der Waals surface area contributed by atoms with Gasteiger partial charge in [-0.1, -0.05) is 25.4 Å². The maximum atomic E-state index is 10.7. The Morgan fingerprint density at radius 2 is 1.85 bits per heavy atom. The van der Waals surface area contributed by atoms with Gasteiger partial charge in [-0.25, -0.2) is 0 Å². The Morgan fingerprint density at radius 3 is 2.59 bits per heavy atom. The Kier molecular flexibility index (Phi) is 5.04. The minimum Gasteiger partial charge on any atom is -0.390 e. The Morgan fingerprint density at radius 1 is 1.04 bits per heavy atom. The zero-order chi connectivity index (χ0) is 19.3. The van der Waals surface area contributed by atoms with E-state index >= 15 is 0 Å². The van der Waals surface area contributed by atoms with Crippen molar-refractivity contribution in [2.24, 2.45) is 45.5 Å². The Bertz CT molecular complexity index is 613. The molecule has 0 radical (unpaired) electrons. The quantitative estimate of drug-likeness (QED) is 0.343. The number of aliphatic hydroxyl groups is 1. The molecule has 8 atom stereocenters. The fourth-order valence-corrected chi connectivity index (χ4v) is 8.69. The summed E-state index contributed by atoms with van der Waals surface area (Å²) in [6.45, 7) is 7.72. The van der Waals surface area contributed by atoms with Crippen molar-refractivity contribution in [3.8, 4) is 0 Å². The summed E-state index contributed by atoms with van der Waals surface area (Å²) in [6.07, 6.45) is 13.8. The summed E-state index contributed by atoms with van der Waals surface area (Å²) in [5.41, 5.74) is 9.25. The lowest BCUT2D eigenvalue weighted by Gasteiger charge is -2.65. The van der Waals surface area contributed by atoms with Crippen LogP contribution in [0.5, 0.6) is 0 Å². The summed E-state index contributed by atoms with van der Waals surface area (Å²) in [7, 11) is 0. The van der Waals surface area contributed by atoms with Crippen LogP contribution in [0.4, 0.5) is 0 Å². The van der Waals surface area contributed by atoms with E-state index in [4.69, 9.17) is 5.53 Å². The minimum absolute atomic E-state index is 0.371.